The molecule has 0 unspecified atom stereocenters. The molecule has 0 fully saturated rings. The highest BCUT2D eigenvalue weighted by Crippen LogP contribution is 2.14. The number of carbonyl (C=O) groups is 1. The second-order valence-corrected chi connectivity index (χ2v) is 4.71. The Kier molecular flexibility index (Phi) is 4.37. The second-order valence-electron chi connectivity index (χ2n) is 4.71. The molecule has 0 aliphatic heterocycles. The number of nitrogens with one attached hydrogen (secondary N) is 2. The van der Waals surface area contributed by atoms with Gasteiger partial charge in [-0.3, -0.25) is 15.3 Å². The molecule has 2 rings (SSSR count). The highest BCUT2D eigenvalue weighted by molar-refractivity contribution is 5.94. The van der Waals surface area contributed by atoms with Gasteiger partial charge in [-0.2, -0.15) is 5.10 Å². The molecule has 0 radical (unpaired) electrons. The van der Waals surface area contributed by atoms with Crippen molar-refractivity contribution in [3.63, 3.8) is 0 Å². The van der Waals surface area contributed by atoms with E-state index in [1.807, 2.05) is 30.8 Å². The third kappa shape index (κ3) is 3.36. The lowest BCUT2D eigenvalue weighted by atomic mass is 10.1. The van der Waals surface area contributed by atoms with Crippen molar-refractivity contribution in [3.05, 3.63) is 47.3 Å². The van der Waals surface area contributed by atoms with Gasteiger partial charge in [0.15, 0.2) is 0 Å². The Balaban J connectivity index is 1.90. The van der Waals surface area contributed by atoms with Gasteiger partial charge in [0.2, 0.25) is 0 Å². The van der Waals surface area contributed by atoms with E-state index in [1.54, 1.807) is 18.3 Å². The third-order valence-electron chi connectivity index (χ3n) is 3.03. The first-order chi connectivity index (χ1) is 9.60. The lowest BCUT2D eigenvalue weighted by Crippen LogP contribution is -2.27. The van der Waals surface area contributed by atoms with Crippen molar-refractivity contribution < 1.29 is 4.79 Å². The van der Waals surface area contributed by atoms with Gasteiger partial charge in [-0.1, -0.05) is 0 Å². The second kappa shape index (κ2) is 6.21. The minimum Gasteiger partial charge on any atom is -0.350 e. The highest BCUT2D eigenvalue weighted by Gasteiger charge is 2.07. The van der Waals surface area contributed by atoms with Crippen LogP contribution in [-0.2, 0) is 6.54 Å². The Labute approximate surface area is 117 Å². The fourth-order valence-corrected chi connectivity index (χ4v) is 1.94. The van der Waals surface area contributed by atoms with E-state index < -0.39 is 0 Å². The van der Waals surface area contributed by atoms with Crippen molar-refractivity contribution in [2.45, 2.75) is 20.4 Å². The summed E-state index contributed by atoms with van der Waals surface area (Å²) in [5.74, 6) is 5.27. The first kappa shape index (κ1) is 14.1. The summed E-state index contributed by atoms with van der Waals surface area (Å²) in [5.41, 5.74) is 6.06. The summed E-state index contributed by atoms with van der Waals surface area (Å²) >= 11 is 0. The van der Waals surface area contributed by atoms with E-state index in [1.165, 1.54) is 0 Å². The van der Waals surface area contributed by atoms with Gasteiger partial charge in [-0.05, 0) is 43.2 Å². The van der Waals surface area contributed by atoms with Gasteiger partial charge in [0, 0.05) is 18.3 Å². The largest absolute Gasteiger partial charge is 0.350 e. The van der Waals surface area contributed by atoms with Gasteiger partial charge in [-0.15, -0.1) is 0 Å². The molecule has 0 atom stereocenters. The number of aryl methyl sites for hydroxylation is 2. The predicted molar refractivity (Wildman–Crippen MR) is 78.3 cm³/mol. The number of hydrogen-bond acceptors (Lipinski definition) is 4. The van der Waals surface area contributed by atoms with Crippen molar-refractivity contribution in [3.8, 4) is 0 Å². The molecule has 0 saturated carbocycles. The van der Waals surface area contributed by atoms with E-state index >= 15 is 0 Å². The molecular formula is C14H19N5O. The number of carbonyl (C=O) groups excluding carboxylic acids is 1. The van der Waals surface area contributed by atoms with Crippen LogP contribution in [0, 0.1) is 13.8 Å². The first-order valence-corrected chi connectivity index (χ1v) is 6.44. The number of anilines is 1. The summed E-state index contributed by atoms with van der Waals surface area (Å²) in [6.07, 6.45) is 3.74. The molecule has 0 spiro atoms. The first-order valence-electron chi connectivity index (χ1n) is 6.44. The SMILES string of the molecule is Cc1cnn(CCNC(=O)c2ccc(NN)c(C)c2)c1. The number of nitrogens with two attached hydrogens (primary N) is 1. The Morgan fingerprint density at radius 1 is 1.40 bits per heavy atom. The number of nitrogen functional groups attached to an aromatic ring is 1. The van der Waals surface area contributed by atoms with Crippen LogP contribution in [0.1, 0.15) is 21.5 Å². The van der Waals surface area contributed by atoms with E-state index in [0.717, 1.165) is 16.8 Å². The molecular weight excluding hydrogens is 254 g/mol. The standard InChI is InChI=1S/C14H19N5O/c1-10-8-17-19(9-10)6-5-16-14(20)12-3-4-13(18-15)11(2)7-12/h3-4,7-9,18H,5-6,15H2,1-2H3,(H,16,20). The van der Waals surface area contributed by atoms with Gasteiger partial charge in [0.05, 0.1) is 18.4 Å². The highest BCUT2D eigenvalue weighted by atomic mass is 16.1. The molecule has 1 aromatic carbocycles. The van der Waals surface area contributed by atoms with Crippen molar-refractivity contribution in [2.75, 3.05) is 12.0 Å². The van der Waals surface area contributed by atoms with Crippen LogP contribution in [0.5, 0.6) is 0 Å². The van der Waals surface area contributed by atoms with Crippen LogP contribution in [0.4, 0.5) is 5.69 Å². The van der Waals surface area contributed by atoms with E-state index in [2.05, 4.69) is 15.8 Å². The number of rotatable bonds is 5. The van der Waals surface area contributed by atoms with Crippen LogP contribution < -0.4 is 16.6 Å². The van der Waals surface area contributed by atoms with E-state index in [0.29, 0.717) is 18.7 Å². The zero-order valence-corrected chi connectivity index (χ0v) is 11.7. The average molecular weight is 273 g/mol. The van der Waals surface area contributed by atoms with Gasteiger partial charge < -0.3 is 10.7 Å². The fourth-order valence-electron chi connectivity index (χ4n) is 1.94. The summed E-state index contributed by atoms with van der Waals surface area (Å²) in [6.45, 7) is 5.08. The Bertz CT molecular complexity index is 605. The molecule has 1 amide bonds. The normalized spacial score (nSPS) is 10.3. The molecule has 6 heteroatoms. The van der Waals surface area contributed by atoms with Crippen LogP contribution >= 0.6 is 0 Å². The van der Waals surface area contributed by atoms with E-state index in [4.69, 9.17) is 5.84 Å². The topological polar surface area (TPSA) is 85.0 Å². The van der Waals surface area contributed by atoms with Crippen LogP contribution in [0.15, 0.2) is 30.6 Å². The molecule has 0 aliphatic rings. The smallest absolute Gasteiger partial charge is 0.251 e. The molecule has 0 bridgehead atoms. The molecule has 2 aromatic rings. The Morgan fingerprint density at radius 2 is 2.20 bits per heavy atom. The lowest BCUT2D eigenvalue weighted by Gasteiger charge is -2.09. The summed E-state index contributed by atoms with van der Waals surface area (Å²) < 4.78 is 1.81. The van der Waals surface area contributed by atoms with Gasteiger partial charge in [0.1, 0.15) is 0 Å². The third-order valence-corrected chi connectivity index (χ3v) is 3.03. The van der Waals surface area contributed by atoms with Crippen molar-refractivity contribution >= 4 is 11.6 Å². The van der Waals surface area contributed by atoms with Crippen molar-refractivity contribution in [2.24, 2.45) is 5.84 Å². The molecule has 1 aromatic heterocycles. The average Bonchev–Trinajstić information content (AvgIpc) is 2.84. The maximum Gasteiger partial charge on any atom is 0.251 e. The zero-order valence-electron chi connectivity index (χ0n) is 11.7. The summed E-state index contributed by atoms with van der Waals surface area (Å²) in [7, 11) is 0. The minimum atomic E-state index is -0.0967. The molecule has 1 heterocycles. The zero-order chi connectivity index (χ0) is 14.5. The molecule has 106 valence electrons. The quantitative estimate of drug-likeness (QED) is 0.565. The van der Waals surface area contributed by atoms with Crippen LogP contribution in [0.3, 0.4) is 0 Å². The van der Waals surface area contributed by atoms with Crippen LogP contribution in [0.2, 0.25) is 0 Å². The van der Waals surface area contributed by atoms with Crippen LogP contribution in [-0.4, -0.2) is 22.2 Å². The molecule has 4 N–H and O–H groups in total. The van der Waals surface area contributed by atoms with E-state index in [9.17, 15) is 4.79 Å². The summed E-state index contributed by atoms with van der Waals surface area (Å²) in [4.78, 5) is 12.0. The lowest BCUT2D eigenvalue weighted by molar-refractivity contribution is 0.0952. The van der Waals surface area contributed by atoms with Crippen LogP contribution in [0.25, 0.3) is 0 Å². The number of hydrazine groups is 1. The molecule has 6 nitrogen and oxygen atoms in total. The maximum atomic E-state index is 12.0. The predicted octanol–water partition coefficient (Wildman–Crippen LogP) is 1.22. The molecule has 0 aliphatic carbocycles. The number of amides is 1. The Morgan fingerprint density at radius 3 is 2.80 bits per heavy atom. The number of benzene rings is 1. The number of hydrogen-bond donors (Lipinski definition) is 3. The molecule has 20 heavy (non-hydrogen) atoms. The monoisotopic (exact) mass is 273 g/mol. The minimum absolute atomic E-state index is 0.0967. The van der Waals surface area contributed by atoms with Crippen molar-refractivity contribution in [1.29, 1.82) is 0 Å². The Hall–Kier alpha value is -2.34. The van der Waals surface area contributed by atoms with Gasteiger partial charge in [-0.25, -0.2) is 0 Å². The van der Waals surface area contributed by atoms with Crippen molar-refractivity contribution in [1.82, 2.24) is 15.1 Å². The fraction of sp³-hybridized carbons (Fsp3) is 0.286. The summed E-state index contributed by atoms with van der Waals surface area (Å²) in [6, 6.07) is 5.35. The maximum absolute atomic E-state index is 12.0. The van der Waals surface area contributed by atoms with Gasteiger partial charge >= 0.3 is 0 Å². The molecule has 0 saturated heterocycles. The summed E-state index contributed by atoms with van der Waals surface area (Å²) in [5, 5.41) is 7.04. The van der Waals surface area contributed by atoms with Gasteiger partial charge in [0.25, 0.3) is 5.91 Å². The number of aromatic nitrogens is 2. The van der Waals surface area contributed by atoms with E-state index in [-0.39, 0.29) is 5.91 Å². The number of nitrogens with zero attached hydrogens (tertiary/aromatic N) is 2.